The Bertz CT molecular complexity index is 896. The lowest BCUT2D eigenvalue weighted by Gasteiger charge is -2.12. The molecule has 2 aromatic rings. The average Bonchev–Trinajstić information content (AvgIpc) is 2.67. The molecule has 0 radical (unpaired) electrons. The van der Waals surface area contributed by atoms with Crippen molar-refractivity contribution in [1.29, 1.82) is 0 Å². The van der Waals surface area contributed by atoms with Crippen LogP contribution in [0.15, 0.2) is 59.5 Å². The third kappa shape index (κ3) is 6.38. The second-order valence-corrected chi connectivity index (χ2v) is 8.01. The van der Waals surface area contributed by atoms with Crippen LogP contribution in [0.2, 0.25) is 0 Å². The van der Waals surface area contributed by atoms with Crippen molar-refractivity contribution in [2.45, 2.75) is 37.6 Å². The van der Waals surface area contributed by atoms with Gasteiger partial charge >= 0.3 is 5.97 Å². The molecule has 0 saturated carbocycles. The van der Waals surface area contributed by atoms with Crippen LogP contribution in [-0.2, 0) is 19.6 Å². The van der Waals surface area contributed by atoms with Crippen LogP contribution in [0.25, 0.3) is 0 Å². The molecule has 8 heteroatoms. The smallest absolute Gasteiger partial charge is 0.338 e. The minimum Gasteiger partial charge on any atom is -0.452 e. The molecule has 0 fully saturated rings. The van der Waals surface area contributed by atoms with E-state index in [4.69, 9.17) is 4.74 Å². The number of amides is 1. The van der Waals surface area contributed by atoms with Gasteiger partial charge < -0.3 is 10.1 Å². The molecule has 1 atom stereocenters. The number of sulfonamides is 1. The maximum absolute atomic E-state index is 12.4. The van der Waals surface area contributed by atoms with Crippen molar-refractivity contribution in [1.82, 2.24) is 5.32 Å². The van der Waals surface area contributed by atoms with Crippen LogP contribution in [-0.4, -0.2) is 32.9 Å². The molecule has 7 nitrogen and oxygen atoms in total. The summed E-state index contributed by atoms with van der Waals surface area (Å²) in [6, 6.07) is 13.8. The molecule has 0 unspecified atom stereocenters. The van der Waals surface area contributed by atoms with E-state index in [9.17, 15) is 18.0 Å². The van der Waals surface area contributed by atoms with Crippen molar-refractivity contribution < 1.29 is 22.7 Å². The van der Waals surface area contributed by atoms with Gasteiger partial charge in [-0.25, -0.2) is 13.2 Å². The summed E-state index contributed by atoms with van der Waals surface area (Å²) in [7, 11) is -3.77. The molecule has 150 valence electrons. The Labute approximate surface area is 165 Å². The Balaban J connectivity index is 1.94. The SMILES string of the molecule is CCC[C@H](C)NC(=O)COC(=O)c1ccc(S(=O)(=O)Nc2ccccc2)cc1. The van der Waals surface area contributed by atoms with Gasteiger partial charge in [0.1, 0.15) is 0 Å². The monoisotopic (exact) mass is 404 g/mol. The number of para-hydroxylation sites is 1. The van der Waals surface area contributed by atoms with Crippen molar-refractivity contribution in [2.75, 3.05) is 11.3 Å². The Kier molecular flexibility index (Phi) is 7.57. The van der Waals surface area contributed by atoms with E-state index >= 15 is 0 Å². The topological polar surface area (TPSA) is 102 Å². The van der Waals surface area contributed by atoms with Crippen molar-refractivity contribution in [3.8, 4) is 0 Å². The normalized spacial score (nSPS) is 12.1. The highest BCUT2D eigenvalue weighted by molar-refractivity contribution is 7.92. The van der Waals surface area contributed by atoms with Crippen LogP contribution in [0.5, 0.6) is 0 Å². The van der Waals surface area contributed by atoms with Gasteiger partial charge in [-0.3, -0.25) is 9.52 Å². The van der Waals surface area contributed by atoms with E-state index in [0.29, 0.717) is 5.69 Å². The van der Waals surface area contributed by atoms with E-state index in [2.05, 4.69) is 10.0 Å². The maximum atomic E-state index is 12.4. The van der Waals surface area contributed by atoms with Crippen LogP contribution in [0.1, 0.15) is 37.0 Å². The van der Waals surface area contributed by atoms with Gasteiger partial charge in [0.05, 0.1) is 10.5 Å². The number of hydrogen-bond donors (Lipinski definition) is 2. The van der Waals surface area contributed by atoms with Gasteiger partial charge in [-0.2, -0.15) is 0 Å². The van der Waals surface area contributed by atoms with Crippen LogP contribution >= 0.6 is 0 Å². The average molecular weight is 404 g/mol. The summed E-state index contributed by atoms with van der Waals surface area (Å²) < 4.78 is 32.2. The third-order valence-electron chi connectivity index (χ3n) is 3.89. The quantitative estimate of drug-likeness (QED) is 0.626. The highest BCUT2D eigenvalue weighted by atomic mass is 32.2. The number of carbonyl (C=O) groups excluding carboxylic acids is 2. The molecule has 0 heterocycles. The molecular formula is C20H24N2O5S. The fourth-order valence-corrected chi connectivity index (χ4v) is 3.59. The molecule has 28 heavy (non-hydrogen) atoms. The highest BCUT2D eigenvalue weighted by Gasteiger charge is 2.16. The zero-order valence-corrected chi connectivity index (χ0v) is 16.7. The second kappa shape index (κ2) is 9.89. The molecule has 2 N–H and O–H groups in total. The first-order chi connectivity index (χ1) is 13.3. The molecule has 0 aromatic heterocycles. The molecule has 0 saturated heterocycles. The van der Waals surface area contributed by atoms with E-state index in [1.165, 1.54) is 24.3 Å². The Morgan fingerprint density at radius 1 is 1.04 bits per heavy atom. The van der Waals surface area contributed by atoms with Gasteiger partial charge in [-0.05, 0) is 49.7 Å². The molecule has 0 aliphatic rings. The summed E-state index contributed by atoms with van der Waals surface area (Å²) in [5, 5.41) is 2.74. The van der Waals surface area contributed by atoms with E-state index < -0.39 is 16.0 Å². The van der Waals surface area contributed by atoms with Crippen molar-refractivity contribution in [3.63, 3.8) is 0 Å². The van der Waals surface area contributed by atoms with Gasteiger partial charge in [-0.15, -0.1) is 0 Å². The van der Waals surface area contributed by atoms with Gasteiger partial charge in [0, 0.05) is 11.7 Å². The van der Waals surface area contributed by atoms with Crippen LogP contribution in [0.3, 0.4) is 0 Å². The number of benzene rings is 2. The summed E-state index contributed by atoms with van der Waals surface area (Å²) in [6.45, 7) is 3.51. The molecule has 2 aromatic carbocycles. The molecular weight excluding hydrogens is 380 g/mol. The Morgan fingerprint density at radius 3 is 2.29 bits per heavy atom. The second-order valence-electron chi connectivity index (χ2n) is 6.33. The largest absolute Gasteiger partial charge is 0.452 e. The van der Waals surface area contributed by atoms with Gasteiger partial charge in [0.15, 0.2) is 6.61 Å². The Morgan fingerprint density at radius 2 is 1.68 bits per heavy atom. The minimum absolute atomic E-state index is 0.0119. The number of carbonyl (C=O) groups is 2. The number of hydrogen-bond acceptors (Lipinski definition) is 5. The first-order valence-electron chi connectivity index (χ1n) is 8.96. The number of rotatable bonds is 9. The molecule has 0 aliphatic carbocycles. The lowest BCUT2D eigenvalue weighted by Crippen LogP contribution is -2.35. The Hall–Kier alpha value is -2.87. The van der Waals surface area contributed by atoms with E-state index in [-0.39, 0.29) is 29.0 Å². The predicted molar refractivity (Wildman–Crippen MR) is 106 cm³/mol. The van der Waals surface area contributed by atoms with Crippen molar-refractivity contribution >= 4 is 27.6 Å². The van der Waals surface area contributed by atoms with Crippen LogP contribution in [0, 0.1) is 0 Å². The molecule has 1 amide bonds. The minimum atomic E-state index is -3.77. The predicted octanol–water partition coefficient (Wildman–Crippen LogP) is 2.95. The molecule has 0 bridgehead atoms. The van der Waals surface area contributed by atoms with Crippen molar-refractivity contribution in [3.05, 3.63) is 60.2 Å². The molecule has 0 aliphatic heterocycles. The zero-order valence-electron chi connectivity index (χ0n) is 15.8. The lowest BCUT2D eigenvalue weighted by molar-refractivity contribution is -0.124. The first kappa shape index (κ1) is 21.4. The zero-order chi connectivity index (χ0) is 20.6. The van der Waals surface area contributed by atoms with Gasteiger partial charge in [0.25, 0.3) is 15.9 Å². The van der Waals surface area contributed by atoms with E-state index in [0.717, 1.165) is 12.8 Å². The highest BCUT2D eigenvalue weighted by Crippen LogP contribution is 2.16. The van der Waals surface area contributed by atoms with Crippen molar-refractivity contribution in [2.24, 2.45) is 0 Å². The summed E-state index contributed by atoms with van der Waals surface area (Å²) in [6.07, 6.45) is 1.78. The first-order valence-corrected chi connectivity index (χ1v) is 10.4. The van der Waals surface area contributed by atoms with Crippen LogP contribution in [0.4, 0.5) is 5.69 Å². The fraction of sp³-hybridized carbons (Fsp3) is 0.300. The standard InChI is InChI=1S/C20H24N2O5S/c1-3-7-15(2)21-19(23)14-27-20(24)16-10-12-18(13-11-16)28(25,26)22-17-8-5-4-6-9-17/h4-6,8-13,15,22H,3,7,14H2,1-2H3,(H,21,23)/t15-/m0/s1. The summed E-state index contributed by atoms with van der Waals surface area (Å²) >= 11 is 0. The summed E-state index contributed by atoms with van der Waals surface area (Å²) in [4.78, 5) is 23.8. The van der Waals surface area contributed by atoms with Gasteiger partial charge in [0.2, 0.25) is 0 Å². The third-order valence-corrected chi connectivity index (χ3v) is 5.29. The summed E-state index contributed by atoms with van der Waals surface area (Å²) in [5.41, 5.74) is 0.599. The fourth-order valence-electron chi connectivity index (χ4n) is 2.53. The number of esters is 1. The summed E-state index contributed by atoms with van der Waals surface area (Å²) in [5.74, 6) is -1.07. The number of ether oxygens (including phenoxy) is 1. The lowest BCUT2D eigenvalue weighted by atomic mass is 10.2. The number of anilines is 1. The molecule has 2 rings (SSSR count). The van der Waals surface area contributed by atoms with Gasteiger partial charge in [-0.1, -0.05) is 31.5 Å². The van der Waals surface area contributed by atoms with E-state index in [1.807, 2.05) is 13.8 Å². The number of nitrogens with one attached hydrogen (secondary N) is 2. The molecule has 0 spiro atoms. The van der Waals surface area contributed by atoms with Crippen LogP contribution < -0.4 is 10.0 Å². The van der Waals surface area contributed by atoms with E-state index in [1.54, 1.807) is 30.3 Å². The maximum Gasteiger partial charge on any atom is 0.338 e.